The van der Waals surface area contributed by atoms with Crippen LogP contribution < -0.4 is 5.32 Å². The Hall–Kier alpha value is -3.02. The molecule has 0 bridgehead atoms. The standard InChI is InChI=1S/C16H18FN5O.C2HF3O2/c1-2-13-11-4-3-5-12(17)15(11)22(20-13)16-19-14(23-21-16)8-10-6-7-18-9-10;3-2(4,5)1(6)7/h3-5,10,18H,2,6-9H2,1H3;(H,6,7)/t10-;/m0./s1. The van der Waals surface area contributed by atoms with Crippen molar-refractivity contribution in [1.82, 2.24) is 25.2 Å². The number of carboxylic acid groups (broad SMARTS) is 1. The fourth-order valence-electron chi connectivity index (χ4n) is 3.14. The molecule has 162 valence electrons. The Balaban J connectivity index is 0.000000318. The lowest BCUT2D eigenvalue weighted by atomic mass is 10.1. The lowest BCUT2D eigenvalue weighted by Gasteiger charge is -2.01. The minimum atomic E-state index is -5.08. The molecular formula is C18H19F4N5O3. The van der Waals surface area contributed by atoms with Gasteiger partial charge >= 0.3 is 12.1 Å². The summed E-state index contributed by atoms with van der Waals surface area (Å²) < 4.78 is 52.8. The van der Waals surface area contributed by atoms with Crippen LogP contribution in [0.4, 0.5) is 17.6 Å². The highest BCUT2D eigenvalue weighted by Crippen LogP contribution is 2.24. The molecule has 0 saturated carbocycles. The van der Waals surface area contributed by atoms with E-state index in [9.17, 15) is 17.6 Å². The Kier molecular flexibility index (Phi) is 6.34. The Morgan fingerprint density at radius 1 is 1.40 bits per heavy atom. The summed E-state index contributed by atoms with van der Waals surface area (Å²) in [5, 5.41) is 19.7. The molecule has 3 heterocycles. The van der Waals surface area contributed by atoms with Crippen LogP contribution in [0.25, 0.3) is 16.9 Å². The molecule has 1 fully saturated rings. The number of nitrogens with one attached hydrogen (secondary N) is 1. The van der Waals surface area contributed by atoms with Gasteiger partial charge in [-0.15, -0.1) is 0 Å². The van der Waals surface area contributed by atoms with Gasteiger partial charge < -0.3 is 14.9 Å². The number of carbonyl (C=O) groups is 1. The van der Waals surface area contributed by atoms with Crippen molar-refractivity contribution >= 4 is 16.9 Å². The predicted molar refractivity (Wildman–Crippen MR) is 96.6 cm³/mol. The maximum atomic E-state index is 14.3. The van der Waals surface area contributed by atoms with E-state index in [4.69, 9.17) is 14.4 Å². The van der Waals surface area contributed by atoms with Crippen molar-refractivity contribution in [1.29, 1.82) is 0 Å². The van der Waals surface area contributed by atoms with Crippen LogP contribution in [-0.4, -0.2) is 50.3 Å². The number of hydrogen-bond acceptors (Lipinski definition) is 6. The second-order valence-corrected chi connectivity index (χ2v) is 6.70. The Morgan fingerprint density at radius 2 is 2.13 bits per heavy atom. The van der Waals surface area contributed by atoms with E-state index in [1.165, 1.54) is 10.7 Å². The predicted octanol–water partition coefficient (Wildman–Crippen LogP) is 2.90. The zero-order valence-electron chi connectivity index (χ0n) is 15.9. The summed E-state index contributed by atoms with van der Waals surface area (Å²) in [6, 6.07) is 4.98. The summed E-state index contributed by atoms with van der Waals surface area (Å²) >= 11 is 0. The molecule has 12 heteroatoms. The number of alkyl halides is 3. The van der Waals surface area contributed by atoms with Gasteiger partial charge in [0.15, 0.2) is 0 Å². The first kappa shape index (κ1) is 21.7. The molecule has 8 nitrogen and oxygen atoms in total. The molecule has 2 aromatic heterocycles. The molecule has 1 aliphatic heterocycles. The average Bonchev–Trinajstić information content (AvgIpc) is 3.42. The monoisotopic (exact) mass is 429 g/mol. The number of para-hydroxylation sites is 1. The topological polar surface area (TPSA) is 106 Å². The molecule has 0 unspecified atom stereocenters. The lowest BCUT2D eigenvalue weighted by Crippen LogP contribution is -2.21. The van der Waals surface area contributed by atoms with Gasteiger partial charge in [-0.1, -0.05) is 19.1 Å². The van der Waals surface area contributed by atoms with E-state index < -0.39 is 12.1 Å². The van der Waals surface area contributed by atoms with E-state index in [-0.39, 0.29) is 5.82 Å². The number of aromatic nitrogens is 4. The Bertz CT molecular complexity index is 1020. The number of halogens is 4. The van der Waals surface area contributed by atoms with Crippen molar-refractivity contribution in [2.75, 3.05) is 13.1 Å². The van der Waals surface area contributed by atoms with E-state index in [1.807, 2.05) is 13.0 Å². The van der Waals surface area contributed by atoms with Gasteiger partial charge in [-0.05, 0) is 43.1 Å². The number of aliphatic carboxylic acids is 1. The van der Waals surface area contributed by atoms with Crippen LogP contribution in [0.5, 0.6) is 0 Å². The van der Waals surface area contributed by atoms with Crippen LogP contribution >= 0.6 is 0 Å². The highest BCUT2D eigenvalue weighted by Gasteiger charge is 2.38. The first-order chi connectivity index (χ1) is 14.2. The summed E-state index contributed by atoms with van der Waals surface area (Å²) in [7, 11) is 0. The molecule has 1 atom stereocenters. The van der Waals surface area contributed by atoms with E-state index in [2.05, 4.69) is 20.6 Å². The Labute approximate surface area is 167 Å². The van der Waals surface area contributed by atoms with Gasteiger partial charge in [0.2, 0.25) is 5.89 Å². The van der Waals surface area contributed by atoms with Gasteiger partial charge in [0.1, 0.15) is 11.3 Å². The van der Waals surface area contributed by atoms with Crippen molar-refractivity contribution in [2.24, 2.45) is 5.92 Å². The average molecular weight is 429 g/mol. The first-order valence-corrected chi connectivity index (χ1v) is 9.20. The highest BCUT2D eigenvalue weighted by atomic mass is 19.4. The molecule has 0 amide bonds. The molecule has 4 rings (SSSR count). The number of rotatable bonds is 4. The summed E-state index contributed by atoms with van der Waals surface area (Å²) in [5.41, 5.74) is 1.23. The van der Waals surface area contributed by atoms with E-state index in [0.717, 1.165) is 37.0 Å². The van der Waals surface area contributed by atoms with Crippen molar-refractivity contribution in [3.63, 3.8) is 0 Å². The van der Waals surface area contributed by atoms with Crippen LogP contribution in [-0.2, 0) is 17.6 Å². The van der Waals surface area contributed by atoms with Crippen LogP contribution in [0.3, 0.4) is 0 Å². The van der Waals surface area contributed by atoms with Gasteiger partial charge in [0.25, 0.3) is 5.95 Å². The molecule has 1 aliphatic rings. The maximum absolute atomic E-state index is 14.3. The molecule has 0 aliphatic carbocycles. The largest absolute Gasteiger partial charge is 0.490 e. The number of nitrogens with zero attached hydrogens (tertiary/aromatic N) is 4. The number of fused-ring (bicyclic) bond motifs is 1. The van der Waals surface area contributed by atoms with E-state index in [1.54, 1.807) is 6.07 Å². The van der Waals surface area contributed by atoms with Gasteiger partial charge in [-0.2, -0.15) is 27.9 Å². The second-order valence-electron chi connectivity index (χ2n) is 6.70. The minimum absolute atomic E-state index is 0.292. The smallest absolute Gasteiger partial charge is 0.475 e. The summed E-state index contributed by atoms with van der Waals surface area (Å²) in [6.07, 6.45) is -2.52. The molecule has 0 radical (unpaired) electrons. The zero-order chi connectivity index (χ0) is 21.9. The number of hydrogen-bond donors (Lipinski definition) is 2. The fourth-order valence-corrected chi connectivity index (χ4v) is 3.14. The fraction of sp³-hybridized carbons (Fsp3) is 0.444. The molecule has 1 saturated heterocycles. The lowest BCUT2D eigenvalue weighted by molar-refractivity contribution is -0.192. The summed E-state index contributed by atoms with van der Waals surface area (Å²) in [4.78, 5) is 13.3. The van der Waals surface area contributed by atoms with Gasteiger partial charge in [-0.25, -0.2) is 9.18 Å². The van der Waals surface area contributed by atoms with Crippen LogP contribution in [0.1, 0.15) is 24.9 Å². The highest BCUT2D eigenvalue weighted by molar-refractivity contribution is 5.83. The van der Waals surface area contributed by atoms with Crippen molar-refractivity contribution < 1.29 is 32.0 Å². The van der Waals surface area contributed by atoms with Gasteiger partial charge in [0, 0.05) is 11.8 Å². The summed E-state index contributed by atoms with van der Waals surface area (Å²) in [6.45, 7) is 3.99. The van der Waals surface area contributed by atoms with Gasteiger partial charge in [-0.3, -0.25) is 0 Å². The third kappa shape index (κ3) is 4.75. The number of aryl methyl sites for hydroxylation is 1. The minimum Gasteiger partial charge on any atom is -0.475 e. The molecule has 1 aromatic carbocycles. The van der Waals surface area contributed by atoms with Gasteiger partial charge in [0.05, 0.1) is 5.69 Å². The quantitative estimate of drug-likeness (QED) is 0.615. The SMILES string of the molecule is CCc1nn(-c2noc(C[C@@H]3CCNC3)n2)c2c(F)cccc12.O=C(O)C(F)(F)F. The summed E-state index contributed by atoms with van der Waals surface area (Å²) in [5.74, 6) is -1.71. The zero-order valence-corrected chi connectivity index (χ0v) is 15.9. The normalized spacial score (nSPS) is 16.5. The van der Waals surface area contributed by atoms with E-state index >= 15 is 0 Å². The van der Waals surface area contributed by atoms with Crippen molar-refractivity contribution in [3.8, 4) is 5.95 Å². The third-order valence-corrected chi connectivity index (χ3v) is 4.58. The van der Waals surface area contributed by atoms with Crippen LogP contribution in [0.15, 0.2) is 22.7 Å². The molecule has 3 aromatic rings. The van der Waals surface area contributed by atoms with E-state index in [0.29, 0.717) is 29.7 Å². The maximum Gasteiger partial charge on any atom is 0.490 e. The number of carboxylic acids is 1. The molecule has 30 heavy (non-hydrogen) atoms. The Morgan fingerprint density at radius 3 is 2.73 bits per heavy atom. The third-order valence-electron chi connectivity index (χ3n) is 4.58. The molecule has 0 spiro atoms. The molecular weight excluding hydrogens is 410 g/mol. The molecule has 2 N–H and O–H groups in total. The second kappa shape index (κ2) is 8.78. The van der Waals surface area contributed by atoms with Crippen LogP contribution in [0, 0.1) is 11.7 Å². The first-order valence-electron chi connectivity index (χ1n) is 9.20. The van der Waals surface area contributed by atoms with Crippen LogP contribution in [0.2, 0.25) is 0 Å². The van der Waals surface area contributed by atoms with Crippen molar-refractivity contribution in [3.05, 3.63) is 35.6 Å². The van der Waals surface area contributed by atoms with Crippen molar-refractivity contribution in [2.45, 2.75) is 32.4 Å². The number of benzene rings is 1.